The van der Waals surface area contributed by atoms with Gasteiger partial charge in [0.05, 0.1) is 22.6 Å². The molecule has 4 rings (SSSR count). The first-order valence-corrected chi connectivity index (χ1v) is 10.0. The molecule has 12 heteroatoms. The molecular formula is C20H17ClF3N7O. The van der Waals surface area contributed by atoms with Crippen molar-refractivity contribution in [1.82, 2.24) is 24.4 Å². The zero-order valence-corrected chi connectivity index (χ0v) is 17.8. The summed E-state index contributed by atoms with van der Waals surface area (Å²) in [7, 11) is 0. The highest BCUT2D eigenvalue weighted by Gasteiger charge is 2.39. The maximum absolute atomic E-state index is 14.1. The van der Waals surface area contributed by atoms with Crippen molar-refractivity contribution >= 4 is 33.8 Å². The van der Waals surface area contributed by atoms with Gasteiger partial charge in [0.1, 0.15) is 18.0 Å². The van der Waals surface area contributed by atoms with Gasteiger partial charge in [-0.15, -0.1) is 0 Å². The number of aromatic nitrogens is 4. The minimum atomic E-state index is -4.68. The summed E-state index contributed by atoms with van der Waals surface area (Å²) < 4.78 is 43.4. The van der Waals surface area contributed by atoms with Crippen LogP contribution in [0.2, 0.25) is 0 Å². The van der Waals surface area contributed by atoms with Crippen molar-refractivity contribution in [2.75, 3.05) is 18.0 Å². The number of fused-ring (bicyclic) bond motifs is 1. The molecule has 1 fully saturated rings. The Morgan fingerprint density at radius 1 is 1.22 bits per heavy atom. The van der Waals surface area contributed by atoms with E-state index in [9.17, 15) is 18.0 Å². The number of halogens is 4. The number of hydrogen-bond donors (Lipinski definition) is 0. The first-order valence-electron chi connectivity index (χ1n) is 9.64. The molecule has 0 unspecified atom stereocenters. The van der Waals surface area contributed by atoms with Crippen molar-refractivity contribution in [2.24, 2.45) is 0 Å². The predicted octanol–water partition coefficient (Wildman–Crippen LogP) is 3.96. The van der Waals surface area contributed by atoms with Gasteiger partial charge in [0.25, 0.3) is 0 Å². The molecule has 0 spiro atoms. The molecule has 2 atom stereocenters. The summed E-state index contributed by atoms with van der Waals surface area (Å²) in [5, 5.41) is 8.37. The maximum Gasteiger partial charge on any atom is 0.418 e. The molecule has 0 radical (unpaired) electrons. The lowest BCUT2D eigenvalue weighted by atomic mass is 10.1. The van der Waals surface area contributed by atoms with Gasteiger partial charge in [-0.05, 0) is 37.6 Å². The number of hydrogen-bond acceptors (Lipinski definition) is 6. The highest BCUT2D eigenvalue weighted by atomic mass is 35.5. The summed E-state index contributed by atoms with van der Waals surface area (Å²) in [5.41, 5.74) is -0.646. The van der Waals surface area contributed by atoms with Crippen LogP contribution in [0, 0.1) is 11.3 Å². The van der Waals surface area contributed by atoms with Gasteiger partial charge in [-0.2, -0.15) is 18.4 Å². The summed E-state index contributed by atoms with van der Waals surface area (Å²) in [6.07, 6.45) is -1.22. The molecular weight excluding hydrogens is 447 g/mol. The molecule has 0 N–H and O–H groups in total. The minimum absolute atomic E-state index is 0.0145. The fraction of sp³-hybridized carbons (Fsp3) is 0.350. The van der Waals surface area contributed by atoms with Crippen LogP contribution in [0.25, 0.3) is 16.9 Å². The van der Waals surface area contributed by atoms with Gasteiger partial charge in [0.15, 0.2) is 5.65 Å². The maximum atomic E-state index is 14.1. The van der Waals surface area contributed by atoms with Crippen LogP contribution < -0.4 is 4.90 Å². The van der Waals surface area contributed by atoms with E-state index >= 15 is 0 Å². The fourth-order valence-corrected chi connectivity index (χ4v) is 4.17. The lowest BCUT2D eigenvalue weighted by molar-refractivity contribution is -0.136. The second kappa shape index (κ2) is 7.94. The number of nitrogens with zero attached hydrogens (tertiary/aromatic N) is 7. The zero-order chi connectivity index (χ0) is 23.2. The Morgan fingerprint density at radius 3 is 2.62 bits per heavy atom. The highest BCUT2D eigenvalue weighted by Crippen LogP contribution is 2.41. The van der Waals surface area contributed by atoms with Gasteiger partial charge in [-0.1, -0.05) is 0 Å². The Balaban J connectivity index is 1.91. The summed E-state index contributed by atoms with van der Waals surface area (Å²) in [6, 6.07) is 4.13. The van der Waals surface area contributed by atoms with Crippen LogP contribution in [0.5, 0.6) is 0 Å². The Kier molecular flexibility index (Phi) is 5.42. The minimum Gasteiger partial charge on any atom is -0.349 e. The smallest absolute Gasteiger partial charge is 0.349 e. The molecule has 1 amide bonds. The number of carbonyl (C=O) groups excluding carboxylic acids is 1. The number of rotatable bonds is 2. The van der Waals surface area contributed by atoms with Crippen molar-refractivity contribution in [2.45, 2.75) is 32.1 Å². The average Bonchev–Trinajstić information content (AvgIpc) is 3.15. The lowest BCUT2D eigenvalue weighted by Gasteiger charge is -2.44. The van der Waals surface area contributed by atoms with Crippen LogP contribution in [0.1, 0.15) is 25.0 Å². The highest BCUT2D eigenvalue weighted by molar-refractivity contribution is 6.62. The third-order valence-electron chi connectivity index (χ3n) is 5.47. The second-order valence-electron chi connectivity index (χ2n) is 7.58. The fourth-order valence-electron chi connectivity index (χ4n) is 3.94. The third kappa shape index (κ3) is 3.71. The predicted molar refractivity (Wildman–Crippen MR) is 111 cm³/mol. The molecule has 1 aliphatic rings. The monoisotopic (exact) mass is 463 g/mol. The number of pyridine rings is 1. The molecule has 32 heavy (non-hydrogen) atoms. The summed E-state index contributed by atoms with van der Waals surface area (Å²) in [5.74, 6) is 0.242. The molecule has 166 valence electrons. The molecule has 1 saturated heterocycles. The van der Waals surface area contributed by atoms with Crippen LogP contribution >= 0.6 is 11.6 Å². The Morgan fingerprint density at radius 2 is 1.97 bits per heavy atom. The van der Waals surface area contributed by atoms with E-state index in [2.05, 4.69) is 15.0 Å². The summed E-state index contributed by atoms with van der Waals surface area (Å²) in [6.45, 7) is 4.04. The van der Waals surface area contributed by atoms with E-state index < -0.39 is 17.1 Å². The first kappa shape index (κ1) is 21.8. The molecule has 3 aromatic heterocycles. The van der Waals surface area contributed by atoms with Gasteiger partial charge in [0.2, 0.25) is 0 Å². The van der Waals surface area contributed by atoms with Crippen LogP contribution in [0.4, 0.5) is 23.8 Å². The topological polar surface area (TPSA) is 90.9 Å². The normalized spacial score (nSPS) is 19.3. The Labute approximate surface area is 185 Å². The van der Waals surface area contributed by atoms with E-state index in [-0.39, 0.29) is 53.4 Å². The standard InChI is InChI=1S/C20H17ClF3N7O/c1-11-8-30(19(21)32)12(2)7-29(11)17-16-14(20(22,23)24)9-31(18(16)28-10-27-17)15-5-13(6-25)3-4-26-15/h3-5,9-12H,7-8H2,1-2H3/t11-,12+/m0/s1. The Hall–Kier alpha value is -3.39. The number of anilines is 1. The Bertz CT molecular complexity index is 1240. The number of piperazine rings is 1. The third-order valence-corrected chi connectivity index (χ3v) is 5.69. The van der Waals surface area contributed by atoms with E-state index in [1.807, 2.05) is 6.07 Å². The van der Waals surface area contributed by atoms with E-state index in [4.69, 9.17) is 16.9 Å². The largest absolute Gasteiger partial charge is 0.418 e. The van der Waals surface area contributed by atoms with Gasteiger partial charge in [-0.3, -0.25) is 9.36 Å². The zero-order valence-electron chi connectivity index (χ0n) is 17.0. The van der Waals surface area contributed by atoms with Gasteiger partial charge in [0, 0.05) is 37.6 Å². The van der Waals surface area contributed by atoms with Crippen molar-refractivity contribution < 1.29 is 18.0 Å². The first-order chi connectivity index (χ1) is 15.1. The van der Waals surface area contributed by atoms with E-state index in [0.717, 1.165) is 6.20 Å². The molecule has 0 bridgehead atoms. The number of amides is 1. The molecule has 0 saturated carbocycles. The summed E-state index contributed by atoms with van der Waals surface area (Å²) >= 11 is 5.65. The molecule has 0 aliphatic carbocycles. The molecule has 3 aromatic rings. The van der Waals surface area contributed by atoms with Gasteiger partial charge in [-0.25, -0.2) is 15.0 Å². The molecule has 4 heterocycles. The number of carbonyl (C=O) groups is 1. The van der Waals surface area contributed by atoms with Crippen molar-refractivity contribution in [3.8, 4) is 11.9 Å². The SMILES string of the molecule is C[C@@H]1CN(c2ncnc3c2c(C(F)(F)F)cn3-c2cc(C#N)ccn2)[C@@H](C)CN1C(=O)Cl. The van der Waals surface area contributed by atoms with Gasteiger partial charge < -0.3 is 9.80 Å². The number of nitriles is 1. The quantitative estimate of drug-likeness (QED) is 0.422. The molecule has 1 aliphatic heterocycles. The van der Waals surface area contributed by atoms with Crippen molar-refractivity contribution in [1.29, 1.82) is 5.26 Å². The molecule has 0 aromatic carbocycles. The second-order valence-corrected chi connectivity index (χ2v) is 7.90. The van der Waals surface area contributed by atoms with Crippen molar-refractivity contribution in [3.05, 3.63) is 42.0 Å². The van der Waals surface area contributed by atoms with E-state index in [1.165, 1.54) is 34.1 Å². The van der Waals surface area contributed by atoms with Gasteiger partial charge >= 0.3 is 11.5 Å². The molecule has 8 nitrogen and oxygen atoms in total. The van der Waals surface area contributed by atoms with Crippen LogP contribution in [-0.4, -0.2) is 55.0 Å². The van der Waals surface area contributed by atoms with E-state index in [1.54, 1.807) is 18.7 Å². The van der Waals surface area contributed by atoms with Crippen LogP contribution in [-0.2, 0) is 6.18 Å². The van der Waals surface area contributed by atoms with E-state index in [0.29, 0.717) is 0 Å². The number of alkyl halides is 3. The van der Waals surface area contributed by atoms with Crippen molar-refractivity contribution in [3.63, 3.8) is 0 Å². The van der Waals surface area contributed by atoms with Crippen LogP contribution in [0.15, 0.2) is 30.9 Å². The average molecular weight is 464 g/mol. The van der Waals surface area contributed by atoms with Crippen LogP contribution in [0.3, 0.4) is 0 Å². The summed E-state index contributed by atoms with van der Waals surface area (Å²) in [4.78, 5) is 27.3. The lowest BCUT2D eigenvalue weighted by Crippen LogP contribution is -2.57.